The monoisotopic (exact) mass is 373 g/mol. The van der Waals surface area contributed by atoms with E-state index in [9.17, 15) is 14.7 Å². The third kappa shape index (κ3) is 3.89. The van der Waals surface area contributed by atoms with E-state index in [-0.39, 0.29) is 23.8 Å². The van der Waals surface area contributed by atoms with E-state index < -0.39 is 5.97 Å². The van der Waals surface area contributed by atoms with Gasteiger partial charge in [0.25, 0.3) is 5.91 Å². The molecule has 0 aliphatic carbocycles. The first-order chi connectivity index (χ1) is 13.0. The Hall–Kier alpha value is -3.42. The summed E-state index contributed by atoms with van der Waals surface area (Å²) in [6, 6.07) is 7.86. The van der Waals surface area contributed by atoms with E-state index in [0.717, 1.165) is 0 Å². The van der Waals surface area contributed by atoms with Gasteiger partial charge in [0, 0.05) is 12.1 Å². The van der Waals surface area contributed by atoms with E-state index in [1.165, 1.54) is 20.3 Å². The second kappa shape index (κ2) is 7.86. The van der Waals surface area contributed by atoms with Gasteiger partial charge < -0.3 is 29.4 Å². The van der Waals surface area contributed by atoms with E-state index >= 15 is 0 Å². The summed E-state index contributed by atoms with van der Waals surface area (Å²) >= 11 is 0. The molecule has 2 aromatic carbocycles. The molecule has 8 nitrogen and oxygen atoms in total. The van der Waals surface area contributed by atoms with E-state index in [0.29, 0.717) is 41.6 Å². The average Bonchev–Trinajstić information content (AvgIpc) is 2.70. The van der Waals surface area contributed by atoms with E-state index in [1.807, 2.05) is 0 Å². The molecule has 0 radical (unpaired) electrons. The smallest absolute Gasteiger partial charge is 0.339 e. The summed E-state index contributed by atoms with van der Waals surface area (Å²) in [7, 11) is 2.89. The maximum Gasteiger partial charge on any atom is 0.339 e. The highest BCUT2D eigenvalue weighted by Gasteiger charge is 2.21. The molecule has 0 atom stereocenters. The first-order valence-corrected chi connectivity index (χ1v) is 8.19. The van der Waals surface area contributed by atoms with Crippen LogP contribution in [0.5, 0.6) is 23.0 Å². The molecule has 1 heterocycles. The molecule has 142 valence electrons. The van der Waals surface area contributed by atoms with E-state index in [1.54, 1.807) is 24.3 Å². The minimum atomic E-state index is -1.10. The molecule has 0 spiro atoms. The number of carbonyl (C=O) groups excluding carboxylic acids is 1. The zero-order valence-corrected chi connectivity index (χ0v) is 14.9. The fraction of sp³-hybridized carbons (Fsp3) is 0.263. The van der Waals surface area contributed by atoms with Gasteiger partial charge in [0.05, 0.1) is 14.2 Å². The van der Waals surface area contributed by atoms with Crippen LogP contribution in [0.4, 0.5) is 0 Å². The van der Waals surface area contributed by atoms with Gasteiger partial charge in [-0.15, -0.1) is 0 Å². The van der Waals surface area contributed by atoms with Crippen molar-refractivity contribution in [1.29, 1.82) is 0 Å². The second-order valence-electron chi connectivity index (χ2n) is 5.73. The molecular weight excluding hydrogens is 354 g/mol. The fourth-order valence-corrected chi connectivity index (χ4v) is 2.72. The number of ether oxygens (including phenoxy) is 4. The Bertz CT molecular complexity index is 861. The highest BCUT2D eigenvalue weighted by molar-refractivity contribution is 5.95. The van der Waals surface area contributed by atoms with Gasteiger partial charge >= 0.3 is 5.97 Å². The zero-order valence-electron chi connectivity index (χ0n) is 14.9. The molecule has 8 heteroatoms. The van der Waals surface area contributed by atoms with Crippen molar-refractivity contribution in [2.45, 2.75) is 6.54 Å². The number of hydrogen-bond donors (Lipinski definition) is 2. The van der Waals surface area contributed by atoms with Crippen LogP contribution in [0.3, 0.4) is 0 Å². The summed E-state index contributed by atoms with van der Waals surface area (Å²) in [5.41, 5.74) is 1.01. The number of carbonyl (C=O) groups is 2. The second-order valence-corrected chi connectivity index (χ2v) is 5.73. The normalized spacial score (nSPS) is 12.2. The van der Waals surface area contributed by atoms with Crippen LogP contribution >= 0.6 is 0 Å². The van der Waals surface area contributed by atoms with Crippen LogP contribution in [0.15, 0.2) is 30.3 Å². The van der Waals surface area contributed by atoms with Crippen LogP contribution in [-0.4, -0.2) is 44.4 Å². The number of carboxylic acid groups (broad SMARTS) is 1. The molecule has 2 N–H and O–H groups in total. The zero-order chi connectivity index (χ0) is 19.4. The van der Waals surface area contributed by atoms with Crippen LogP contribution in [-0.2, 0) is 6.54 Å². The summed E-state index contributed by atoms with van der Waals surface area (Å²) in [6.45, 7) is 0.961. The molecule has 1 amide bonds. The Kier molecular flexibility index (Phi) is 5.35. The average molecular weight is 373 g/mol. The molecule has 0 fully saturated rings. The molecule has 0 aromatic heterocycles. The van der Waals surface area contributed by atoms with Crippen LogP contribution < -0.4 is 24.3 Å². The number of amides is 1. The van der Waals surface area contributed by atoms with Gasteiger partial charge in [-0.3, -0.25) is 4.79 Å². The van der Waals surface area contributed by atoms with Crippen molar-refractivity contribution in [3.8, 4) is 23.0 Å². The number of carboxylic acids is 1. The molecule has 3 rings (SSSR count). The first kappa shape index (κ1) is 18.4. The number of benzene rings is 2. The Balaban J connectivity index is 1.76. The lowest BCUT2D eigenvalue weighted by atomic mass is 10.1. The van der Waals surface area contributed by atoms with Crippen LogP contribution in [0.2, 0.25) is 0 Å². The summed E-state index contributed by atoms with van der Waals surface area (Å²) in [6.07, 6.45) is 0. The van der Waals surface area contributed by atoms with Crippen LogP contribution in [0, 0.1) is 0 Å². The molecule has 0 saturated carbocycles. The van der Waals surface area contributed by atoms with Gasteiger partial charge in [-0.25, -0.2) is 4.79 Å². The van der Waals surface area contributed by atoms with E-state index in [2.05, 4.69) is 5.32 Å². The van der Waals surface area contributed by atoms with Crippen molar-refractivity contribution < 1.29 is 33.6 Å². The quantitative estimate of drug-likeness (QED) is 0.799. The third-order valence-electron chi connectivity index (χ3n) is 4.04. The molecule has 0 bridgehead atoms. The molecule has 0 unspecified atom stereocenters. The van der Waals surface area contributed by atoms with Crippen molar-refractivity contribution in [1.82, 2.24) is 5.32 Å². The lowest BCUT2D eigenvalue weighted by molar-refractivity contribution is 0.0693. The summed E-state index contributed by atoms with van der Waals surface area (Å²) < 4.78 is 21.3. The number of nitrogens with one attached hydrogen (secondary N) is 1. The SMILES string of the molecule is COc1ccc(CNC(=O)c2cc(OC)c3c(c2)OCCO3)cc1C(=O)O. The third-order valence-corrected chi connectivity index (χ3v) is 4.04. The number of rotatable bonds is 6. The standard InChI is InChI=1S/C19H19NO7/c1-24-14-4-3-11(7-13(14)19(22)23)10-20-18(21)12-8-15(25-2)17-16(9-12)26-5-6-27-17/h3-4,7-9H,5-6,10H2,1-2H3,(H,20,21)(H,22,23). The Morgan fingerprint density at radius 3 is 2.52 bits per heavy atom. The topological polar surface area (TPSA) is 103 Å². The molecule has 1 aliphatic heterocycles. The molecule has 2 aromatic rings. The molecule has 1 aliphatic rings. The summed E-state index contributed by atoms with van der Waals surface area (Å²) in [4.78, 5) is 23.8. The predicted molar refractivity (Wildman–Crippen MR) is 95.1 cm³/mol. The summed E-state index contributed by atoms with van der Waals surface area (Å²) in [5.74, 6) is 0.142. The molecular formula is C19H19NO7. The van der Waals surface area contributed by atoms with Crippen molar-refractivity contribution in [3.05, 3.63) is 47.0 Å². The molecule has 0 saturated heterocycles. The van der Waals surface area contributed by atoms with Gasteiger partial charge in [-0.05, 0) is 29.8 Å². The number of fused-ring (bicyclic) bond motifs is 1. The van der Waals surface area contributed by atoms with Crippen molar-refractivity contribution in [3.63, 3.8) is 0 Å². The van der Waals surface area contributed by atoms with Gasteiger partial charge in [0.1, 0.15) is 24.5 Å². The fourth-order valence-electron chi connectivity index (χ4n) is 2.72. The lowest BCUT2D eigenvalue weighted by Crippen LogP contribution is -2.24. The number of hydrogen-bond acceptors (Lipinski definition) is 6. The van der Waals surface area contributed by atoms with Crippen molar-refractivity contribution in [2.24, 2.45) is 0 Å². The van der Waals surface area contributed by atoms with Crippen molar-refractivity contribution >= 4 is 11.9 Å². The van der Waals surface area contributed by atoms with Gasteiger partial charge in [-0.1, -0.05) is 6.07 Å². The first-order valence-electron chi connectivity index (χ1n) is 8.19. The summed E-state index contributed by atoms with van der Waals surface area (Å²) in [5, 5.41) is 12.0. The van der Waals surface area contributed by atoms with Crippen LogP contribution in [0.25, 0.3) is 0 Å². The highest BCUT2D eigenvalue weighted by Crippen LogP contribution is 2.40. The predicted octanol–water partition coefficient (Wildman–Crippen LogP) is 2.10. The highest BCUT2D eigenvalue weighted by atomic mass is 16.6. The Morgan fingerprint density at radius 1 is 1.07 bits per heavy atom. The number of aromatic carboxylic acids is 1. The van der Waals surface area contributed by atoms with Gasteiger partial charge in [-0.2, -0.15) is 0 Å². The minimum Gasteiger partial charge on any atom is -0.496 e. The maximum atomic E-state index is 12.5. The van der Waals surface area contributed by atoms with Crippen molar-refractivity contribution in [2.75, 3.05) is 27.4 Å². The largest absolute Gasteiger partial charge is 0.496 e. The Labute approximate surface area is 155 Å². The van der Waals surface area contributed by atoms with Crippen LogP contribution in [0.1, 0.15) is 26.3 Å². The molecule has 27 heavy (non-hydrogen) atoms. The Morgan fingerprint density at radius 2 is 1.81 bits per heavy atom. The van der Waals surface area contributed by atoms with Gasteiger partial charge in [0.2, 0.25) is 5.75 Å². The van der Waals surface area contributed by atoms with Gasteiger partial charge in [0.15, 0.2) is 11.5 Å². The number of methoxy groups -OCH3 is 2. The maximum absolute atomic E-state index is 12.5. The minimum absolute atomic E-state index is 0.0326. The lowest BCUT2D eigenvalue weighted by Gasteiger charge is -2.21. The van der Waals surface area contributed by atoms with E-state index in [4.69, 9.17) is 18.9 Å².